The van der Waals surface area contributed by atoms with Crippen molar-refractivity contribution < 1.29 is 5.11 Å². The zero-order chi connectivity index (χ0) is 7.61. The highest BCUT2D eigenvalue weighted by Gasteiger charge is 2.33. The van der Waals surface area contributed by atoms with Crippen LogP contribution in [0, 0.1) is 5.92 Å². The van der Waals surface area contributed by atoms with Crippen molar-refractivity contribution >= 4 is 0 Å². The van der Waals surface area contributed by atoms with E-state index >= 15 is 0 Å². The molecule has 0 saturated heterocycles. The molecule has 58 valence electrons. The molecule has 0 amide bonds. The van der Waals surface area contributed by atoms with E-state index in [9.17, 15) is 5.11 Å². The Morgan fingerprint density at radius 3 is 2.90 bits per heavy atom. The molecule has 1 heteroatoms. The fourth-order valence-electron chi connectivity index (χ4n) is 1.82. The lowest BCUT2D eigenvalue weighted by Crippen LogP contribution is -2.23. The van der Waals surface area contributed by atoms with Gasteiger partial charge in [0.2, 0.25) is 0 Å². The van der Waals surface area contributed by atoms with Gasteiger partial charge in [-0.25, -0.2) is 0 Å². The molecule has 10 heavy (non-hydrogen) atoms. The minimum absolute atomic E-state index is 0.402. The molecule has 0 bridgehead atoms. The molecule has 0 aromatic heterocycles. The Morgan fingerprint density at radius 2 is 2.50 bits per heavy atom. The monoisotopic (exact) mass is 140 g/mol. The van der Waals surface area contributed by atoms with Gasteiger partial charge >= 0.3 is 0 Å². The molecule has 1 aliphatic carbocycles. The summed E-state index contributed by atoms with van der Waals surface area (Å²) in [5, 5.41) is 9.79. The molecule has 1 nitrogen and oxygen atoms in total. The Kier molecular flexibility index (Phi) is 2.14. The number of hydrogen-bond donors (Lipinski definition) is 1. The second-order valence-corrected chi connectivity index (χ2v) is 3.57. The van der Waals surface area contributed by atoms with E-state index in [0.717, 1.165) is 19.3 Å². The van der Waals surface area contributed by atoms with Crippen molar-refractivity contribution in [3.8, 4) is 0 Å². The van der Waals surface area contributed by atoms with Gasteiger partial charge < -0.3 is 5.11 Å². The van der Waals surface area contributed by atoms with Gasteiger partial charge in [0.1, 0.15) is 0 Å². The van der Waals surface area contributed by atoms with Crippen LogP contribution in [-0.4, -0.2) is 10.7 Å². The molecule has 1 rings (SSSR count). The molecular weight excluding hydrogens is 124 g/mol. The van der Waals surface area contributed by atoms with Gasteiger partial charge in [-0.2, -0.15) is 0 Å². The van der Waals surface area contributed by atoms with Crippen LogP contribution in [0.3, 0.4) is 0 Å². The van der Waals surface area contributed by atoms with Crippen LogP contribution in [0.4, 0.5) is 0 Å². The average molecular weight is 140 g/mol. The lowest BCUT2D eigenvalue weighted by molar-refractivity contribution is 0.0474. The predicted molar refractivity (Wildman–Crippen MR) is 42.8 cm³/mol. The van der Waals surface area contributed by atoms with Crippen LogP contribution in [-0.2, 0) is 0 Å². The predicted octanol–water partition coefficient (Wildman–Crippen LogP) is 2.11. The first kappa shape index (κ1) is 7.80. The highest BCUT2D eigenvalue weighted by Crippen LogP contribution is 2.36. The summed E-state index contributed by atoms with van der Waals surface area (Å²) in [6.45, 7) is 5.83. The van der Waals surface area contributed by atoms with Crippen LogP contribution in [0.1, 0.15) is 32.6 Å². The highest BCUT2D eigenvalue weighted by molar-refractivity contribution is 4.92. The standard InChI is InChI=1S/C9H16O/c1-3-5-9(10)6-4-8(2)7-9/h3,8,10H,1,4-7H2,2H3. The van der Waals surface area contributed by atoms with E-state index in [0.29, 0.717) is 5.92 Å². The molecule has 0 aliphatic heterocycles. The molecular formula is C9H16O. The van der Waals surface area contributed by atoms with Gasteiger partial charge in [-0.05, 0) is 31.6 Å². The van der Waals surface area contributed by atoms with Gasteiger partial charge in [-0.1, -0.05) is 13.0 Å². The third-order valence-electron chi connectivity index (χ3n) is 2.36. The van der Waals surface area contributed by atoms with Crippen LogP contribution in [0.2, 0.25) is 0 Å². The topological polar surface area (TPSA) is 20.2 Å². The van der Waals surface area contributed by atoms with E-state index in [1.807, 2.05) is 6.08 Å². The molecule has 1 aliphatic rings. The van der Waals surface area contributed by atoms with Crippen LogP contribution < -0.4 is 0 Å². The summed E-state index contributed by atoms with van der Waals surface area (Å²) in [5.74, 6) is 0.699. The van der Waals surface area contributed by atoms with Crippen molar-refractivity contribution in [3.05, 3.63) is 12.7 Å². The van der Waals surface area contributed by atoms with E-state index < -0.39 is 5.60 Å². The van der Waals surface area contributed by atoms with Gasteiger partial charge in [0.25, 0.3) is 0 Å². The molecule has 0 aromatic rings. The van der Waals surface area contributed by atoms with Gasteiger partial charge in [-0.3, -0.25) is 0 Å². The Labute approximate surface area is 62.8 Å². The SMILES string of the molecule is C=CCC1(O)CCC(C)C1. The Bertz CT molecular complexity index is 131. The molecule has 1 fully saturated rings. The third kappa shape index (κ3) is 1.60. The van der Waals surface area contributed by atoms with Crippen LogP contribution in [0.15, 0.2) is 12.7 Å². The number of rotatable bonds is 2. The van der Waals surface area contributed by atoms with E-state index in [1.165, 1.54) is 6.42 Å². The fourth-order valence-corrected chi connectivity index (χ4v) is 1.82. The largest absolute Gasteiger partial charge is 0.390 e. The molecule has 0 aromatic carbocycles. The van der Waals surface area contributed by atoms with Gasteiger partial charge in [-0.15, -0.1) is 6.58 Å². The lowest BCUT2D eigenvalue weighted by Gasteiger charge is -2.19. The molecule has 2 atom stereocenters. The first-order chi connectivity index (χ1) is 4.66. The van der Waals surface area contributed by atoms with E-state index in [1.54, 1.807) is 0 Å². The van der Waals surface area contributed by atoms with Crippen molar-refractivity contribution in [2.45, 2.75) is 38.2 Å². The van der Waals surface area contributed by atoms with Gasteiger partial charge in [0.15, 0.2) is 0 Å². The molecule has 0 spiro atoms. The summed E-state index contributed by atoms with van der Waals surface area (Å²) in [4.78, 5) is 0. The van der Waals surface area contributed by atoms with E-state index in [2.05, 4.69) is 13.5 Å². The highest BCUT2D eigenvalue weighted by atomic mass is 16.3. The molecule has 0 radical (unpaired) electrons. The lowest BCUT2D eigenvalue weighted by atomic mass is 9.97. The molecule has 0 heterocycles. The number of aliphatic hydroxyl groups is 1. The van der Waals surface area contributed by atoms with Crippen molar-refractivity contribution in [2.24, 2.45) is 5.92 Å². The third-order valence-corrected chi connectivity index (χ3v) is 2.36. The Balaban J connectivity index is 2.45. The first-order valence-electron chi connectivity index (χ1n) is 3.99. The van der Waals surface area contributed by atoms with Crippen molar-refractivity contribution in [3.63, 3.8) is 0 Å². The minimum atomic E-state index is -0.402. The van der Waals surface area contributed by atoms with Crippen LogP contribution in [0.25, 0.3) is 0 Å². The second kappa shape index (κ2) is 2.75. The second-order valence-electron chi connectivity index (χ2n) is 3.57. The minimum Gasteiger partial charge on any atom is -0.390 e. The zero-order valence-corrected chi connectivity index (χ0v) is 6.64. The summed E-state index contributed by atoms with van der Waals surface area (Å²) in [6, 6.07) is 0. The Hall–Kier alpha value is -0.300. The number of hydrogen-bond acceptors (Lipinski definition) is 1. The zero-order valence-electron chi connectivity index (χ0n) is 6.64. The van der Waals surface area contributed by atoms with Crippen molar-refractivity contribution in [1.29, 1.82) is 0 Å². The van der Waals surface area contributed by atoms with Crippen molar-refractivity contribution in [2.75, 3.05) is 0 Å². The maximum atomic E-state index is 9.79. The first-order valence-corrected chi connectivity index (χ1v) is 3.99. The normalized spacial score (nSPS) is 40.0. The van der Waals surface area contributed by atoms with E-state index in [4.69, 9.17) is 0 Å². The van der Waals surface area contributed by atoms with Crippen LogP contribution >= 0.6 is 0 Å². The summed E-state index contributed by atoms with van der Waals surface area (Å²) >= 11 is 0. The summed E-state index contributed by atoms with van der Waals surface area (Å²) < 4.78 is 0. The summed E-state index contributed by atoms with van der Waals surface area (Å²) in [5.41, 5.74) is -0.402. The molecule has 2 unspecified atom stereocenters. The van der Waals surface area contributed by atoms with E-state index in [-0.39, 0.29) is 0 Å². The summed E-state index contributed by atoms with van der Waals surface area (Å²) in [6.07, 6.45) is 5.67. The molecule has 1 saturated carbocycles. The average Bonchev–Trinajstić information content (AvgIpc) is 2.12. The van der Waals surface area contributed by atoms with Crippen molar-refractivity contribution in [1.82, 2.24) is 0 Å². The smallest absolute Gasteiger partial charge is 0.0684 e. The summed E-state index contributed by atoms with van der Waals surface area (Å²) in [7, 11) is 0. The molecule has 1 N–H and O–H groups in total. The maximum absolute atomic E-state index is 9.79. The van der Waals surface area contributed by atoms with Gasteiger partial charge in [0.05, 0.1) is 5.60 Å². The van der Waals surface area contributed by atoms with Gasteiger partial charge in [0, 0.05) is 0 Å². The van der Waals surface area contributed by atoms with Crippen LogP contribution in [0.5, 0.6) is 0 Å². The Morgan fingerprint density at radius 1 is 1.80 bits per heavy atom. The maximum Gasteiger partial charge on any atom is 0.0684 e. The fraction of sp³-hybridized carbons (Fsp3) is 0.778. The quantitative estimate of drug-likeness (QED) is 0.582.